The van der Waals surface area contributed by atoms with Gasteiger partial charge >= 0.3 is 6.01 Å². The number of anilines is 1. The molecule has 0 bridgehead atoms. The molecule has 0 aliphatic heterocycles. The summed E-state index contributed by atoms with van der Waals surface area (Å²) in [4.78, 5) is 12.1. The largest absolute Gasteiger partial charge is 0.403 e. The summed E-state index contributed by atoms with van der Waals surface area (Å²) in [6, 6.07) is 8.84. The summed E-state index contributed by atoms with van der Waals surface area (Å²) in [5.74, 6) is -0.163. The topological polar surface area (TPSA) is 68.0 Å². The van der Waals surface area contributed by atoms with E-state index in [1.807, 2.05) is 24.3 Å². The number of aromatic nitrogens is 2. The quantitative estimate of drug-likeness (QED) is 0.640. The van der Waals surface area contributed by atoms with Gasteiger partial charge in [-0.05, 0) is 24.3 Å². The first-order chi connectivity index (χ1) is 10.5. The van der Waals surface area contributed by atoms with E-state index in [1.54, 1.807) is 0 Å². The smallest absolute Gasteiger partial charge is 0.322 e. The number of thiophene rings is 1. The minimum Gasteiger partial charge on any atom is -0.403 e. The summed E-state index contributed by atoms with van der Waals surface area (Å²) >= 11 is 16.2. The fourth-order valence-corrected chi connectivity index (χ4v) is 3.53. The summed E-state index contributed by atoms with van der Waals surface area (Å²) in [7, 11) is 0. The number of nitrogens with zero attached hydrogens (tertiary/aromatic N) is 2. The molecule has 3 aromatic rings. The highest BCUT2D eigenvalue weighted by atomic mass is 79.9. The summed E-state index contributed by atoms with van der Waals surface area (Å²) in [6.45, 7) is 0. The molecule has 2 heterocycles. The van der Waals surface area contributed by atoms with Crippen molar-refractivity contribution < 1.29 is 9.21 Å². The lowest BCUT2D eigenvalue weighted by Gasteiger charge is -1.98. The monoisotopic (exact) mass is 417 g/mol. The second-order valence-corrected chi connectivity index (χ2v) is 7.32. The van der Waals surface area contributed by atoms with Crippen LogP contribution in [0, 0.1) is 0 Å². The zero-order chi connectivity index (χ0) is 15.7. The molecule has 0 unspecified atom stereocenters. The Morgan fingerprint density at radius 3 is 2.77 bits per heavy atom. The van der Waals surface area contributed by atoms with Gasteiger partial charge in [-0.15, -0.1) is 16.4 Å². The van der Waals surface area contributed by atoms with Crippen LogP contribution in [0.3, 0.4) is 0 Å². The molecule has 3 rings (SSSR count). The molecule has 0 aliphatic rings. The van der Waals surface area contributed by atoms with Crippen molar-refractivity contribution in [2.45, 2.75) is 0 Å². The molecule has 5 nitrogen and oxygen atoms in total. The second kappa shape index (κ2) is 6.37. The van der Waals surface area contributed by atoms with Crippen LogP contribution in [-0.2, 0) is 0 Å². The molecular weight excluding hydrogens is 413 g/mol. The number of carbonyl (C=O) groups excluding carboxylic acids is 1. The van der Waals surface area contributed by atoms with Crippen molar-refractivity contribution in [1.82, 2.24) is 10.2 Å². The minimum absolute atomic E-state index is 0.0154. The fourth-order valence-electron chi connectivity index (χ4n) is 1.67. The van der Waals surface area contributed by atoms with E-state index in [9.17, 15) is 4.79 Å². The van der Waals surface area contributed by atoms with E-state index in [0.29, 0.717) is 14.6 Å². The van der Waals surface area contributed by atoms with Gasteiger partial charge in [-0.2, -0.15) is 0 Å². The Hall–Kier alpha value is -1.41. The van der Waals surface area contributed by atoms with Gasteiger partial charge in [0, 0.05) is 10.0 Å². The van der Waals surface area contributed by atoms with Crippen LogP contribution in [-0.4, -0.2) is 16.1 Å². The van der Waals surface area contributed by atoms with E-state index >= 15 is 0 Å². The van der Waals surface area contributed by atoms with Gasteiger partial charge in [-0.1, -0.05) is 50.3 Å². The van der Waals surface area contributed by atoms with E-state index in [0.717, 1.165) is 21.4 Å². The number of carbonyl (C=O) groups is 1. The Morgan fingerprint density at radius 2 is 2.09 bits per heavy atom. The van der Waals surface area contributed by atoms with E-state index in [1.165, 1.54) is 6.07 Å². The average Bonchev–Trinajstić information content (AvgIpc) is 3.05. The van der Waals surface area contributed by atoms with Gasteiger partial charge in [0.25, 0.3) is 5.91 Å². The molecule has 0 atom stereocenters. The van der Waals surface area contributed by atoms with Crippen molar-refractivity contribution in [3.63, 3.8) is 0 Å². The molecule has 0 fully saturated rings. The number of amides is 1. The SMILES string of the molecule is O=C(Nc1nnc(-c2cccc(Br)c2)o1)c1cc(Cl)sc1Cl. The van der Waals surface area contributed by atoms with Crippen LogP contribution in [0.1, 0.15) is 10.4 Å². The molecule has 1 amide bonds. The van der Waals surface area contributed by atoms with Gasteiger partial charge in [0.05, 0.1) is 9.90 Å². The molecule has 0 radical (unpaired) electrons. The van der Waals surface area contributed by atoms with Gasteiger partial charge in [0.15, 0.2) is 0 Å². The first kappa shape index (κ1) is 15.5. The van der Waals surface area contributed by atoms with Gasteiger partial charge in [-0.3, -0.25) is 10.1 Å². The number of rotatable bonds is 3. The van der Waals surface area contributed by atoms with Crippen LogP contribution in [0.15, 0.2) is 39.2 Å². The normalized spacial score (nSPS) is 10.7. The standard InChI is InChI=1S/C13H6BrCl2N3O2S/c14-7-3-1-2-6(4-7)12-18-19-13(21-12)17-11(20)8-5-9(15)22-10(8)16/h1-5H,(H,17,19,20). The third kappa shape index (κ3) is 3.33. The van der Waals surface area contributed by atoms with Crippen LogP contribution in [0.5, 0.6) is 0 Å². The molecule has 0 spiro atoms. The van der Waals surface area contributed by atoms with Gasteiger partial charge in [0.1, 0.15) is 4.34 Å². The van der Waals surface area contributed by atoms with E-state index in [-0.39, 0.29) is 11.6 Å². The summed E-state index contributed by atoms with van der Waals surface area (Å²) in [6.07, 6.45) is 0. The summed E-state index contributed by atoms with van der Waals surface area (Å²) in [5, 5.41) is 10.2. The van der Waals surface area contributed by atoms with Crippen LogP contribution < -0.4 is 5.32 Å². The molecule has 9 heteroatoms. The molecule has 0 saturated carbocycles. The lowest BCUT2D eigenvalue weighted by Crippen LogP contribution is -2.11. The van der Waals surface area contributed by atoms with Gasteiger partial charge in [0.2, 0.25) is 5.89 Å². The lowest BCUT2D eigenvalue weighted by atomic mass is 10.2. The first-order valence-electron chi connectivity index (χ1n) is 5.88. The third-order valence-electron chi connectivity index (χ3n) is 2.62. The van der Waals surface area contributed by atoms with Crippen molar-refractivity contribution in [3.05, 3.63) is 49.0 Å². The highest BCUT2D eigenvalue weighted by Gasteiger charge is 2.17. The van der Waals surface area contributed by atoms with Crippen LogP contribution >= 0.6 is 50.5 Å². The molecule has 0 aliphatic carbocycles. The average molecular weight is 419 g/mol. The lowest BCUT2D eigenvalue weighted by molar-refractivity contribution is 0.102. The first-order valence-corrected chi connectivity index (χ1v) is 8.25. The van der Waals surface area contributed by atoms with E-state index < -0.39 is 5.91 Å². The number of hydrogen-bond acceptors (Lipinski definition) is 5. The van der Waals surface area contributed by atoms with E-state index in [2.05, 4.69) is 31.4 Å². The minimum atomic E-state index is -0.461. The second-order valence-electron chi connectivity index (χ2n) is 4.11. The molecular formula is C13H6BrCl2N3O2S. The highest BCUT2D eigenvalue weighted by molar-refractivity contribution is 9.10. The van der Waals surface area contributed by atoms with Crippen molar-refractivity contribution in [2.75, 3.05) is 5.32 Å². The Balaban J connectivity index is 1.80. The molecule has 0 saturated heterocycles. The van der Waals surface area contributed by atoms with Crippen LogP contribution in [0.25, 0.3) is 11.5 Å². The van der Waals surface area contributed by atoms with Crippen LogP contribution in [0.2, 0.25) is 8.67 Å². The van der Waals surface area contributed by atoms with Crippen LogP contribution in [0.4, 0.5) is 6.01 Å². The maximum Gasteiger partial charge on any atom is 0.322 e. The predicted octanol–water partition coefficient (Wildman–Crippen LogP) is 5.12. The zero-order valence-electron chi connectivity index (χ0n) is 10.6. The zero-order valence-corrected chi connectivity index (χ0v) is 14.6. The Bertz CT molecular complexity index is 849. The molecule has 22 heavy (non-hydrogen) atoms. The Kier molecular flexibility index (Phi) is 4.49. The summed E-state index contributed by atoms with van der Waals surface area (Å²) < 4.78 is 7.03. The third-order valence-corrected chi connectivity index (χ3v) is 4.60. The number of benzene rings is 1. The van der Waals surface area contributed by atoms with Crippen molar-refractivity contribution in [2.24, 2.45) is 0 Å². The predicted molar refractivity (Wildman–Crippen MR) is 89.7 cm³/mol. The van der Waals surface area contributed by atoms with E-state index in [4.69, 9.17) is 27.6 Å². The summed E-state index contributed by atoms with van der Waals surface area (Å²) in [5.41, 5.74) is 0.998. The molecule has 112 valence electrons. The number of halogens is 3. The fraction of sp³-hybridized carbons (Fsp3) is 0. The molecule has 2 aromatic heterocycles. The highest BCUT2D eigenvalue weighted by Crippen LogP contribution is 2.31. The maximum atomic E-state index is 12.1. The Labute approximate surface area is 147 Å². The van der Waals surface area contributed by atoms with Crippen molar-refractivity contribution in [1.29, 1.82) is 0 Å². The van der Waals surface area contributed by atoms with Crippen molar-refractivity contribution in [3.8, 4) is 11.5 Å². The number of hydrogen-bond donors (Lipinski definition) is 1. The maximum absolute atomic E-state index is 12.1. The van der Waals surface area contributed by atoms with Gasteiger partial charge in [-0.25, -0.2) is 0 Å². The number of nitrogens with one attached hydrogen (secondary N) is 1. The van der Waals surface area contributed by atoms with Gasteiger partial charge < -0.3 is 4.42 Å². The molecule has 1 aromatic carbocycles. The van der Waals surface area contributed by atoms with Crippen molar-refractivity contribution >= 4 is 62.4 Å². The molecule has 1 N–H and O–H groups in total. The Morgan fingerprint density at radius 1 is 1.27 bits per heavy atom.